The Hall–Kier alpha value is -2.50. The first-order chi connectivity index (χ1) is 10.0. The Balaban J connectivity index is 2.08. The number of fused-ring (bicyclic) bond motifs is 1. The molecule has 1 aromatic heterocycles. The van der Waals surface area contributed by atoms with Gasteiger partial charge in [-0.1, -0.05) is 12.1 Å². The topological polar surface area (TPSA) is 42.4 Å². The number of alkyl halides is 2. The number of rotatable bonds is 2. The molecule has 0 spiro atoms. The third-order valence-electron chi connectivity index (χ3n) is 3.37. The fourth-order valence-corrected chi connectivity index (χ4v) is 2.45. The molecule has 1 amide bonds. The minimum Gasteiger partial charge on any atom is -0.496 e. The lowest BCUT2D eigenvalue weighted by Gasteiger charge is -2.16. The number of methoxy groups -OCH3 is 1. The number of carbonyl (C=O) groups is 1. The van der Waals surface area contributed by atoms with Crippen molar-refractivity contribution < 1.29 is 18.3 Å². The van der Waals surface area contributed by atoms with E-state index < -0.39 is 18.4 Å². The molecule has 0 atom stereocenters. The van der Waals surface area contributed by atoms with Crippen LogP contribution >= 0.6 is 0 Å². The molecule has 1 aliphatic rings. The Kier molecular flexibility index (Phi) is 3.08. The zero-order valence-corrected chi connectivity index (χ0v) is 11.2. The SMILES string of the molecule is COc1cccc2c1C(F)(F)CN2C(=O)c1ccccn1. The predicted octanol–water partition coefficient (Wildman–Crippen LogP) is 2.84. The molecular formula is C15H12F2N2O2. The van der Waals surface area contributed by atoms with Gasteiger partial charge in [-0.25, -0.2) is 0 Å². The van der Waals surface area contributed by atoms with Crippen LogP contribution in [0.2, 0.25) is 0 Å². The number of benzene rings is 1. The summed E-state index contributed by atoms with van der Waals surface area (Å²) in [6.45, 7) is -0.710. The predicted molar refractivity (Wildman–Crippen MR) is 72.8 cm³/mol. The van der Waals surface area contributed by atoms with Crippen molar-refractivity contribution in [2.45, 2.75) is 5.92 Å². The average molecular weight is 290 g/mol. The summed E-state index contributed by atoms with van der Waals surface area (Å²) < 4.78 is 33.4. The van der Waals surface area contributed by atoms with Crippen molar-refractivity contribution in [3.05, 3.63) is 53.9 Å². The standard InChI is InChI=1S/C15H12F2N2O2/c1-21-12-7-4-6-11-13(12)15(16,17)9-19(11)14(20)10-5-2-3-8-18-10/h2-8H,9H2,1H3. The molecule has 0 unspecified atom stereocenters. The van der Waals surface area contributed by atoms with E-state index in [1.807, 2.05) is 0 Å². The molecule has 2 heterocycles. The molecule has 0 radical (unpaired) electrons. The van der Waals surface area contributed by atoms with Crippen LogP contribution < -0.4 is 9.64 Å². The van der Waals surface area contributed by atoms with Crippen LogP contribution in [0, 0.1) is 0 Å². The van der Waals surface area contributed by atoms with Crippen molar-refractivity contribution >= 4 is 11.6 Å². The maximum Gasteiger partial charge on any atom is 0.296 e. The van der Waals surface area contributed by atoms with Gasteiger partial charge in [-0.05, 0) is 24.3 Å². The number of nitrogens with zero attached hydrogens (tertiary/aromatic N) is 2. The summed E-state index contributed by atoms with van der Waals surface area (Å²) in [5, 5.41) is 0. The molecule has 2 aromatic rings. The number of hydrogen-bond acceptors (Lipinski definition) is 3. The van der Waals surface area contributed by atoms with Crippen molar-refractivity contribution in [2.24, 2.45) is 0 Å². The molecule has 6 heteroatoms. The van der Waals surface area contributed by atoms with E-state index in [1.165, 1.54) is 31.5 Å². The lowest BCUT2D eigenvalue weighted by Crippen LogP contribution is -2.33. The minimum atomic E-state index is -3.15. The molecule has 3 rings (SSSR count). The Morgan fingerprint density at radius 3 is 2.76 bits per heavy atom. The second kappa shape index (κ2) is 4.80. The molecule has 1 aliphatic heterocycles. The van der Waals surface area contributed by atoms with Gasteiger partial charge in [0.25, 0.3) is 11.8 Å². The number of amides is 1. The van der Waals surface area contributed by atoms with Crippen molar-refractivity contribution in [3.8, 4) is 5.75 Å². The Morgan fingerprint density at radius 1 is 1.29 bits per heavy atom. The van der Waals surface area contributed by atoms with E-state index in [2.05, 4.69) is 4.98 Å². The van der Waals surface area contributed by atoms with Crippen LogP contribution in [0.5, 0.6) is 5.75 Å². The van der Waals surface area contributed by atoms with E-state index >= 15 is 0 Å². The molecular weight excluding hydrogens is 278 g/mol. The summed E-state index contributed by atoms with van der Waals surface area (Å²) in [7, 11) is 1.33. The molecule has 0 N–H and O–H groups in total. The zero-order chi connectivity index (χ0) is 15.0. The van der Waals surface area contributed by atoms with Gasteiger partial charge in [0.1, 0.15) is 11.4 Å². The van der Waals surface area contributed by atoms with Crippen LogP contribution in [0.4, 0.5) is 14.5 Å². The van der Waals surface area contributed by atoms with E-state index in [0.717, 1.165) is 4.90 Å². The second-order valence-corrected chi connectivity index (χ2v) is 4.67. The molecule has 108 valence electrons. The maximum atomic E-state index is 14.2. The normalized spacial score (nSPS) is 15.7. The minimum absolute atomic E-state index is 0.0776. The third-order valence-corrected chi connectivity index (χ3v) is 3.37. The quantitative estimate of drug-likeness (QED) is 0.854. The summed E-state index contributed by atoms with van der Waals surface area (Å²) in [6.07, 6.45) is 1.45. The highest BCUT2D eigenvalue weighted by Gasteiger charge is 2.48. The Labute approximate surface area is 120 Å². The smallest absolute Gasteiger partial charge is 0.296 e. The number of pyridine rings is 1. The van der Waals surface area contributed by atoms with E-state index in [9.17, 15) is 13.6 Å². The molecule has 21 heavy (non-hydrogen) atoms. The first kappa shape index (κ1) is 13.5. The number of ether oxygens (including phenoxy) is 1. The summed E-state index contributed by atoms with van der Waals surface area (Å²) in [6, 6.07) is 9.32. The third kappa shape index (κ3) is 2.12. The van der Waals surface area contributed by atoms with Crippen LogP contribution in [-0.4, -0.2) is 24.5 Å². The first-order valence-electron chi connectivity index (χ1n) is 6.33. The van der Waals surface area contributed by atoms with Crippen LogP contribution in [0.1, 0.15) is 16.1 Å². The maximum absolute atomic E-state index is 14.2. The Bertz CT molecular complexity index is 689. The zero-order valence-electron chi connectivity index (χ0n) is 11.2. The molecule has 0 aliphatic carbocycles. The molecule has 0 saturated heterocycles. The van der Waals surface area contributed by atoms with Gasteiger partial charge in [-0.15, -0.1) is 0 Å². The lowest BCUT2D eigenvalue weighted by atomic mass is 10.1. The monoisotopic (exact) mass is 290 g/mol. The summed E-state index contributed by atoms with van der Waals surface area (Å²) in [5.41, 5.74) is 0.0377. The van der Waals surface area contributed by atoms with Gasteiger partial charge in [-0.2, -0.15) is 8.78 Å². The first-order valence-corrected chi connectivity index (χ1v) is 6.33. The molecule has 4 nitrogen and oxygen atoms in total. The van der Waals surface area contributed by atoms with Crippen LogP contribution in [0.25, 0.3) is 0 Å². The number of aromatic nitrogens is 1. The highest BCUT2D eigenvalue weighted by atomic mass is 19.3. The molecule has 1 aromatic carbocycles. The highest BCUT2D eigenvalue weighted by Crippen LogP contribution is 2.48. The van der Waals surface area contributed by atoms with Gasteiger partial charge in [-0.3, -0.25) is 14.7 Å². The number of carbonyl (C=O) groups excluding carboxylic acids is 1. The summed E-state index contributed by atoms with van der Waals surface area (Å²) >= 11 is 0. The van der Waals surface area contributed by atoms with E-state index in [0.29, 0.717) is 0 Å². The second-order valence-electron chi connectivity index (χ2n) is 4.67. The van der Waals surface area contributed by atoms with Crippen LogP contribution in [0.15, 0.2) is 42.6 Å². The van der Waals surface area contributed by atoms with Crippen LogP contribution in [-0.2, 0) is 5.92 Å². The van der Waals surface area contributed by atoms with Gasteiger partial charge < -0.3 is 4.74 Å². The lowest BCUT2D eigenvalue weighted by molar-refractivity contribution is 0.0117. The molecule has 0 bridgehead atoms. The van der Waals surface area contributed by atoms with Gasteiger partial charge in [0.2, 0.25) is 0 Å². The van der Waals surface area contributed by atoms with E-state index in [-0.39, 0.29) is 22.7 Å². The fraction of sp³-hybridized carbons (Fsp3) is 0.200. The summed E-state index contributed by atoms with van der Waals surface area (Å²) in [5.74, 6) is -3.62. The highest BCUT2D eigenvalue weighted by molar-refractivity contribution is 6.06. The van der Waals surface area contributed by atoms with E-state index in [1.54, 1.807) is 18.2 Å². The Morgan fingerprint density at radius 2 is 2.10 bits per heavy atom. The number of anilines is 1. The van der Waals surface area contributed by atoms with Crippen LogP contribution in [0.3, 0.4) is 0 Å². The van der Waals surface area contributed by atoms with Gasteiger partial charge in [0.05, 0.1) is 24.9 Å². The van der Waals surface area contributed by atoms with Gasteiger partial charge in [0, 0.05) is 6.20 Å². The fourth-order valence-electron chi connectivity index (χ4n) is 2.45. The largest absolute Gasteiger partial charge is 0.496 e. The van der Waals surface area contributed by atoms with Gasteiger partial charge in [0.15, 0.2) is 0 Å². The van der Waals surface area contributed by atoms with Crippen molar-refractivity contribution in [1.82, 2.24) is 4.98 Å². The van der Waals surface area contributed by atoms with Crippen molar-refractivity contribution in [1.29, 1.82) is 0 Å². The number of hydrogen-bond donors (Lipinski definition) is 0. The summed E-state index contributed by atoms with van der Waals surface area (Å²) in [4.78, 5) is 17.3. The van der Waals surface area contributed by atoms with Crippen molar-refractivity contribution in [2.75, 3.05) is 18.6 Å². The number of halogens is 2. The van der Waals surface area contributed by atoms with Gasteiger partial charge >= 0.3 is 0 Å². The van der Waals surface area contributed by atoms with E-state index in [4.69, 9.17) is 4.74 Å². The molecule has 0 saturated carbocycles. The van der Waals surface area contributed by atoms with Crippen molar-refractivity contribution in [3.63, 3.8) is 0 Å². The molecule has 0 fully saturated rings. The average Bonchev–Trinajstić information content (AvgIpc) is 2.79.